The number of carbonyl (C=O) groups excluding carboxylic acids is 2. The Morgan fingerprint density at radius 2 is 1.96 bits per heavy atom. The van der Waals surface area contributed by atoms with Crippen LogP contribution in [0.15, 0.2) is 42.6 Å². The number of pyridine rings is 1. The van der Waals surface area contributed by atoms with Gasteiger partial charge in [0.15, 0.2) is 0 Å². The van der Waals surface area contributed by atoms with E-state index in [4.69, 9.17) is 4.74 Å². The van der Waals surface area contributed by atoms with E-state index in [-0.39, 0.29) is 18.1 Å². The van der Waals surface area contributed by atoms with E-state index in [2.05, 4.69) is 15.6 Å². The molecule has 0 bridgehead atoms. The van der Waals surface area contributed by atoms with Gasteiger partial charge in [0.1, 0.15) is 11.5 Å². The summed E-state index contributed by atoms with van der Waals surface area (Å²) in [7, 11) is 1.54. The molecule has 6 nitrogen and oxygen atoms in total. The van der Waals surface area contributed by atoms with Crippen LogP contribution in [0.5, 0.6) is 0 Å². The monoisotopic (exact) mass is 331 g/mol. The number of carbonyl (C=O) groups is 2. The van der Waals surface area contributed by atoms with Gasteiger partial charge in [-0.05, 0) is 18.2 Å². The second kappa shape index (κ2) is 8.73. The Bertz CT molecular complexity index is 722. The van der Waals surface area contributed by atoms with Gasteiger partial charge in [-0.15, -0.1) is 0 Å². The molecule has 2 rings (SSSR count). The molecular formula is C17H18FN3O3. The van der Waals surface area contributed by atoms with Gasteiger partial charge < -0.3 is 15.4 Å². The Hall–Kier alpha value is -2.80. The number of amides is 2. The summed E-state index contributed by atoms with van der Waals surface area (Å²) in [6.07, 6.45) is 1.38. The molecule has 0 atom stereocenters. The molecule has 1 aromatic carbocycles. The zero-order valence-corrected chi connectivity index (χ0v) is 13.2. The first-order valence-corrected chi connectivity index (χ1v) is 7.36. The molecule has 7 heteroatoms. The zero-order valence-electron chi connectivity index (χ0n) is 13.2. The number of hydrogen-bond donors (Lipinski definition) is 2. The van der Waals surface area contributed by atoms with E-state index in [0.717, 1.165) is 0 Å². The zero-order chi connectivity index (χ0) is 17.4. The first kappa shape index (κ1) is 17.6. The Morgan fingerprint density at radius 3 is 2.71 bits per heavy atom. The number of hydrogen-bond acceptors (Lipinski definition) is 4. The van der Waals surface area contributed by atoms with E-state index < -0.39 is 11.7 Å². The number of nitrogens with zero attached hydrogens (tertiary/aromatic N) is 1. The van der Waals surface area contributed by atoms with Crippen LogP contribution in [0.4, 0.5) is 4.39 Å². The first-order valence-electron chi connectivity index (χ1n) is 7.36. The summed E-state index contributed by atoms with van der Waals surface area (Å²) in [5.41, 5.74) is 0.780. The van der Waals surface area contributed by atoms with Gasteiger partial charge in [0, 0.05) is 37.5 Å². The van der Waals surface area contributed by atoms with Crippen LogP contribution in [-0.4, -0.2) is 37.1 Å². The van der Waals surface area contributed by atoms with Crippen LogP contribution in [0.1, 0.15) is 26.4 Å². The smallest absolute Gasteiger partial charge is 0.270 e. The van der Waals surface area contributed by atoms with E-state index in [1.165, 1.54) is 31.5 Å². The van der Waals surface area contributed by atoms with E-state index in [9.17, 15) is 14.0 Å². The SMILES string of the molecule is COCCNC(=O)c1ccnc(C(=O)NCc2ccccc2F)c1. The topological polar surface area (TPSA) is 80.3 Å². The van der Waals surface area contributed by atoms with Crippen molar-refractivity contribution < 1.29 is 18.7 Å². The third kappa shape index (κ3) is 4.85. The molecule has 0 unspecified atom stereocenters. The molecule has 0 saturated heterocycles. The molecule has 2 amide bonds. The summed E-state index contributed by atoms with van der Waals surface area (Å²) in [6.45, 7) is 0.802. The lowest BCUT2D eigenvalue weighted by atomic mass is 10.2. The summed E-state index contributed by atoms with van der Waals surface area (Å²) in [5, 5.41) is 5.24. The number of rotatable bonds is 7. The predicted molar refractivity (Wildman–Crippen MR) is 86.0 cm³/mol. The lowest BCUT2D eigenvalue weighted by Gasteiger charge is -2.08. The van der Waals surface area contributed by atoms with Crippen molar-refractivity contribution in [3.63, 3.8) is 0 Å². The molecule has 2 N–H and O–H groups in total. The Labute approximate surface area is 139 Å². The van der Waals surface area contributed by atoms with Crippen molar-refractivity contribution in [1.82, 2.24) is 15.6 Å². The number of methoxy groups -OCH3 is 1. The van der Waals surface area contributed by atoms with Crippen molar-refractivity contribution in [3.05, 3.63) is 65.2 Å². The number of ether oxygens (including phenoxy) is 1. The van der Waals surface area contributed by atoms with Gasteiger partial charge in [0.05, 0.1) is 6.61 Å². The molecule has 0 aliphatic carbocycles. The highest BCUT2D eigenvalue weighted by molar-refractivity contribution is 5.98. The second-order valence-corrected chi connectivity index (χ2v) is 4.95. The van der Waals surface area contributed by atoms with Crippen LogP contribution in [0.2, 0.25) is 0 Å². The second-order valence-electron chi connectivity index (χ2n) is 4.95. The fraction of sp³-hybridized carbons (Fsp3) is 0.235. The van der Waals surface area contributed by atoms with Crippen LogP contribution < -0.4 is 10.6 Å². The number of nitrogens with one attached hydrogen (secondary N) is 2. The minimum atomic E-state index is -0.482. The summed E-state index contributed by atoms with van der Waals surface area (Å²) < 4.78 is 18.4. The summed E-state index contributed by atoms with van der Waals surface area (Å²) in [4.78, 5) is 28.0. The van der Waals surface area contributed by atoms with Gasteiger partial charge in [-0.1, -0.05) is 18.2 Å². The lowest BCUT2D eigenvalue weighted by molar-refractivity contribution is 0.0937. The van der Waals surface area contributed by atoms with Crippen molar-refractivity contribution in [2.75, 3.05) is 20.3 Å². The average Bonchev–Trinajstić information content (AvgIpc) is 2.61. The standard InChI is InChI=1S/C17H18FN3O3/c1-24-9-8-20-16(22)12-6-7-19-15(10-12)17(23)21-11-13-4-2-3-5-14(13)18/h2-7,10H,8-9,11H2,1H3,(H,20,22)(H,21,23). The molecule has 0 radical (unpaired) electrons. The quantitative estimate of drug-likeness (QED) is 0.754. The average molecular weight is 331 g/mol. The number of benzene rings is 1. The van der Waals surface area contributed by atoms with Gasteiger partial charge in [0.25, 0.3) is 11.8 Å². The van der Waals surface area contributed by atoms with Crippen molar-refractivity contribution in [2.24, 2.45) is 0 Å². The Morgan fingerprint density at radius 1 is 1.17 bits per heavy atom. The molecule has 2 aromatic rings. The first-order chi connectivity index (χ1) is 11.6. The van der Waals surface area contributed by atoms with Gasteiger partial charge in [0.2, 0.25) is 0 Å². The van der Waals surface area contributed by atoms with Crippen molar-refractivity contribution in [2.45, 2.75) is 6.54 Å². The van der Waals surface area contributed by atoms with E-state index in [1.807, 2.05) is 0 Å². The van der Waals surface area contributed by atoms with E-state index in [1.54, 1.807) is 18.2 Å². The highest BCUT2D eigenvalue weighted by Crippen LogP contribution is 2.07. The molecule has 1 aromatic heterocycles. The fourth-order valence-corrected chi connectivity index (χ4v) is 1.97. The summed E-state index contributed by atoms with van der Waals surface area (Å²) >= 11 is 0. The van der Waals surface area contributed by atoms with Gasteiger partial charge in [-0.25, -0.2) is 4.39 Å². The van der Waals surface area contributed by atoms with Crippen molar-refractivity contribution in [3.8, 4) is 0 Å². The summed E-state index contributed by atoms with van der Waals surface area (Å²) in [5.74, 6) is -1.19. The van der Waals surface area contributed by atoms with Gasteiger partial charge >= 0.3 is 0 Å². The maximum Gasteiger partial charge on any atom is 0.270 e. The fourth-order valence-electron chi connectivity index (χ4n) is 1.97. The number of halogens is 1. The van der Waals surface area contributed by atoms with E-state index >= 15 is 0 Å². The Balaban J connectivity index is 1.98. The largest absolute Gasteiger partial charge is 0.383 e. The Kier molecular flexibility index (Phi) is 6.39. The van der Waals surface area contributed by atoms with Crippen molar-refractivity contribution >= 4 is 11.8 Å². The minimum absolute atomic E-state index is 0.0391. The maximum atomic E-state index is 13.5. The van der Waals surface area contributed by atoms with Crippen LogP contribution in [0.25, 0.3) is 0 Å². The molecular weight excluding hydrogens is 313 g/mol. The van der Waals surface area contributed by atoms with Crippen LogP contribution in [0.3, 0.4) is 0 Å². The molecule has 0 saturated carbocycles. The normalized spacial score (nSPS) is 10.2. The highest BCUT2D eigenvalue weighted by Gasteiger charge is 2.12. The highest BCUT2D eigenvalue weighted by atomic mass is 19.1. The molecule has 126 valence electrons. The molecule has 24 heavy (non-hydrogen) atoms. The molecule has 0 spiro atoms. The predicted octanol–water partition coefficient (Wildman–Crippen LogP) is 1.53. The van der Waals surface area contributed by atoms with Crippen LogP contribution in [0, 0.1) is 5.82 Å². The third-order valence-corrected chi connectivity index (χ3v) is 3.24. The lowest BCUT2D eigenvalue weighted by Crippen LogP contribution is -2.28. The van der Waals surface area contributed by atoms with Crippen LogP contribution in [-0.2, 0) is 11.3 Å². The molecule has 0 aliphatic rings. The molecule has 0 aliphatic heterocycles. The number of aromatic nitrogens is 1. The minimum Gasteiger partial charge on any atom is -0.383 e. The molecule has 0 fully saturated rings. The summed E-state index contributed by atoms with van der Waals surface area (Å²) in [6, 6.07) is 9.07. The van der Waals surface area contributed by atoms with Gasteiger partial charge in [-0.2, -0.15) is 0 Å². The third-order valence-electron chi connectivity index (χ3n) is 3.24. The van der Waals surface area contributed by atoms with E-state index in [0.29, 0.717) is 24.3 Å². The van der Waals surface area contributed by atoms with Crippen molar-refractivity contribution in [1.29, 1.82) is 0 Å². The van der Waals surface area contributed by atoms with Crippen LogP contribution >= 0.6 is 0 Å². The maximum absolute atomic E-state index is 13.5. The molecule has 1 heterocycles. The van der Waals surface area contributed by atoms with Gasteiger partial charge in [-0.3, -0.25) is 14.6 Å².